The molecule has 1 aliphatic rings. The van der Waals surface area contributed by atoms with E-state index in [0.717, 1.165) is 0 Å². The highest BCUT2D eigenvalue weighted by molar-refractivity contribution is 7.89. The van der Waals surface area contributed by atoms with Crippen molar-refractivity contribution in [2.75, 3.05) is 5.75 Å². The number of hydrogen-bond acceptors (Lipinski definition) is 4. The maximum atomic E-state index is 11.9. The average molecular weight is 274 g/mol. The van der Waals surface area contributed by atoms with Crippen molar-refractivity contribution in [3.05, 3.63) is 0 Å². The number of nitrogens with one attached hydrogen (secondary N) is 1. The van der Waals surface area contributed by atoms with Crippen LogP contribution in [0.2, 0.25) is 0 Å². The van der Waals surface area contributed by atoms with Crippen LogP contribution in [0, 0.1) is 16.7 Å². The molecule has 0 heterocycles. The van der Waals surface area contributed by atoms with Gasteiger partial charge in [0.1, 0.15) is 6.04 Å². The van der Waals surface area contributed by atoms with Gasteiger partial charge in [0.05, 0.1) is 11.8 Å². The zero-order valence-corrected chi connectivity index (χ0v) is 11.2. The van der Waals surface area contributed by atoms with Crippen molar-refractivity contribution >= 4 is 16.0 Å². The number of nitrogens with zero attached hydrogens (tertiary/aromatic N) is 1. The first-order valence-electron chi connectivity index (χ1n) is 5.94. The second-order valence-electron chi connectivity index (χ2n) is 4.89. The highest BCUT2D eigenvalue weighted by Crippen LogP contribution is 2.49. The first-order chi connectivity index (χ1) is 8.34. The minimum absolute atomic E-state index is 0.152. The molecule has 0 aromatic heterocycles. The largest absolute Gasteiger partial charge is 0.480 e. The summed E-state index contributed by atoms with van der Waals surface area (Å²) in [6.45, 7) is 1.79. The Morgan fingerprint density at radius 2 is 2.17 bits per heavy atom. The van der Waals surface area contributed by atoms with Crippen molar-refractivity contribution in [2.24, 2.45) is 5.41 Å². The maximum Gasteiger partial charge on any atom is 0.321 e. The van der Waals surface area contributed by atoms with Crippen LogP contribution in [-0.2, 0) is 14.8 Å². The molecule has 0 spiro atoms. The minimum atomic E-state index is -3.65. The Hall–Kier alpha value is -1.13. The Balaban J connectivity index is 2.64. The molecule has 0 saturated heterocycles. The van der Waals surface area contributed by atoms with Gasteiger partial charge in [0, 0.05) is 6.42 Å². The number of aliphatic carboxylic acids is 1. The first-order valence-corrected chi connectivity index (χ1v) is 7.59. The molecule has 0 bridgehead atoms. The monoisotopic (exact) mass is 274 g/mol. The fourth-order valence-electron chi connectivity index (χ4n) is 1.90. The molecule has 2 N–H and O–H groups in total. The lowest BCUT2D eigenvalue weighted by molar-refractivity contribution is -0.139. The van der Waals surface area contributed by atoms with Gasteiger partial charge < -0.3 is 5.11 Å². The number of carbonyl (C=O) groups is 1. The third kappa shape index (κ3) is 4.27. The molecule has 102 valence electrons. The summed E-state index contributed by atoms with van der Waals surface area (Å²) in [6, 6.07) is 0.914. The topological polar surface area (TPSA) is 107 Å². The van der Waals surface area contributed by atoms with E-state index in [0.29, 0.717) is 19.3 Å². The fraction of sp³-hybridized carbons (Fsp3) is 0.818. The summed E-state index contributed by atoms with van der Waals surface area (Å²) in [5, 5.41) is 17.5. The van der Waals surface area contributed by atoms with Crippen LogP contribution < -0.4 is 4.72 Å². The van der Waals surface area contributed by atoms with Crippen LogP contribution in [0.5, 0.6) is 0 Å². The van der Waals surface area contributed by atoms with Gasteiger partial charge in [-0.15, -0.1) is 0 Å². The number of hydrogen-bond donors (Lipinski definition) is 2. The van der Waals surface area contributed by atoms with Crippen molar-refractivity contribution in [1.82, 2.24) is 4.72 Å². The Kier molecular flexibility index (Phi) is 4.71. The van der Waals surface area contributed by atoms with E-state index in [4.69, 9.17) is 10.4 Å². The van der Waals surface area contributed by atoms with Crippen molar-refractivity contribution in [3.8, 4) is 6.07 Å². The third-order valence-corrected chi connectivity index (χ3v) is 4.74. The van der Waals surface area contributed by atoms with Crippen LogP contribution in [-0.4, -0.2) is 31.3 Å². The lowest BCUT2D eigenvalue weighted by atomic mass is 10.1. The van der Waals surface area contributed by atoms with E-state index in [-0.39, 0.29) is 18.6 Å². The quantitative estimate of drug-likeness (QED) is 0.682. The Morgan fingerprint density at radius 3 is 2.56 bits per heavy atom. The molecular weight excluding hydrogens is 256 g/mol. The highest BCUT2D eigenvalue weighted by Gasteiger charge is 2.46. The second kappa shape index (κ2) is 5.67. The van der Waals surface area contributed by atoms with Gasteiger partial charge in [0.25, 0.3) is 0 Å². The lowest BCUT2D eigenvalue weighted by Crippen LogP contribution is -2.43. The molecule has 18 heavy (non-hydrogen) atoms. The van der Waals surface area contributed by atoms with Crippen LogP contribution in [0.25, 0.3) is 0 Å². The van der Waals surface area contributed by atoms with Gasteiger partial charge in [-0.1, -0.05) is 13.3 Å². The highest BCUT2D eigenvalue weighted by atomic mass is 32.2. The van der Waals surface area contributed by atoms with Crippen LogP contribution in [0.3, 0.4) is 0 Å². The van der Waals surface area contributed by atoms with Gasteiger partial charge in [-0.25, -0.2) is 13.1 Å². The maximum absolute atomic E-state index is 11.9. The van der Waals surface area contributed by atoms with Crippen LogP contribution in [0.1, 0.15) is 39.0 Å². The van der Waals surface area contributed by atoms with Crippen molar-refractivity contribution in [2.45, 2.75) is 45.1 Å². The Labute approximate surface area is 107 Å². The summed E-state index contributed by atoms with van der Waals surface area (Å²) < 4.78 is 25.9. The van der Waals surface area contributed by atoms with Crippen molar-refractivity contribution in [3.63, 3.8) is 0 Å². The van der Waals surface area contributed by atoms with Crippen molar-refractivity contribution in [1.29, 1.82) is 5.26 Å². The summed E-state index contributed by atoms with van der Waals surface area (Å²) in [4.78, 5) is 10.9. The zero-order valence-electron chi connectivity index (χ0n) is 10.3. The van der Waals surface area contributed by atoms with Gasteiger partial charge in [-0.3, -0.25) is 4.79 Å². The normalized spacial score (nSPS) is 18.9. The van der Waals surface area contributed by atoms with E-state index in [2.05, 4.69) is 4.72 Å². The van der Waals surface area contributed by atoms with E-state index in [9.17, 15) is 13.2 Å². The molecule has 1 rings (SSSR count). The number of carboxylic acids is 1. The fourth-order valence-corrected chi connectivity index (χ4v) is 3.83. The van der Waals surface area contributed by atoms with Crippen LogP contribution in [0.15, 0.2) is 0 Å². The number of rotatable bonds is 8. The van der Waals surface area contributed by atoms with E-state index in [1.54, 1.807) is 6.92 Å². The predicted octanol–water partition coefficient (Wildman–Crippen LogP) is 0.853. The number of sulfonamides is 1. The summed E-state index contributed by atoms with van der Waals surface area (Å²) in [5.74, 6) is -1.31. The number of carboxylic acid groups (broad SMARTS) is 1. The zero-order chi connectivity index (χ0) is 13.8. The first kappa shape index (κ1) is 14.9. The molecule has 0 aromatic carbocycles. The van der Waals surface area contributed by atoms with Gasteiger partial charge in [-0.05, 0) is 24.7 Å². The van der Waals surface area contributed by atoms with E-state index >= 15 is 0 Å². The molecule has 1 atom stereocenters. The molecule has 0 aliphatic heterocycles. The lowest BCUT2D eigenvalue weighted by Gasteiger charge is -2.16. The third-order valence-electron chi connectivity index (χ3n) is 3.10. The molecular formula is C11H18N2O4S. The minimum Gasteiger partial charge on any atom is -0.480 e. The van der Waals surface area contributed by atoms with Crippen LogP contribution >= 0.6 is 0 Å². The molecule has 1 unspecified atom stereocenters. The van der Waals surface area contributed by atoms with E-state index in [1.165, 1.54) is 0 Å². The standard InChI is InChI=1S/C11H18N2O4S/c1-2-3-9(10(14)15)13-18(16,17)8-11(4-5-11)6-7-12/h9,13H,2-6,8H2,1H3,(H,14,15). The van der Waals surface area contributed by atoms with Gasteiger partial charge in [0.15, 0.2) is 0 Å². The summed E-state index contributed by atoms with van der Waals surface area (Å²) in [6.07, 6.45) is 2.49. The SMILES string of the molecule is CCCC(NS(=O)(=O)CC1(CC#N)CC1)C(=O)O. The Morgan fingerprint density at radius 1 is 1.56 bits per heavy atom. The molecule has 6 nitrogen and oxygen atoms in total. The Bertz CT molecular complexity index is 448. The molecule has 1 fully saturated rings. The summed E-state index contributed by atoms with van der Waals surface area (Å²) in [7, 11) is -3.65. The van der Waals surface area contributed by atoms with Crippen LogP contribution in [0.4, 0.5) is 0 Å². The predicted molar refractivity (Wildman–Crippen MR) is 65.2 cm³/mol. The van der Waals surface area contributed by atoms with E-state index in [1.807, 2.05) is 6.07 Å². The molecule has 0 aromatic rings. The smallest absolute Gasteiger partial charge is 0.321 e. The van der Waals surface area contributed by atoms with Gasteiger partial charge in [0.2, 0.25) is 10.0 Å². The molecule has 0 amide bonds. The summed E-state index contributed by atoms with van der Waals surface area (Å²) >= 11 is 0. The summed E-state index contributed by atoms with van der Waals surface area (Å²) in [5.41, 5.74) is -0.449. The van der Waals surface area contributed by atoms with E-state index < -0.39 is 27.4 Å². The molecule has 7 heteroatoms. The molecule has 1 aliphatic carbocycles. The van der Waals surface area contributed by atoms with Crippen molar-refractivity contribution < 1.29 is 18.3 Å². The average Bonchev–Trinajstić information content (AvgIpc) is 2.96. The molecule has 0 radical (unpaired) electrons. The second-order valence-corrected chi connectivity index (χ2v) is 6.65. The van der Waals surface area contributed by atoms with Gasteiger partial charge >= 0.3 is 5.97 Å². The van der Waals surface area contributed by atoms with Gasteiger partial charge in [-0.2, -0.15) is 5.26 Å². The number of nitriles is 1. The molecule has 1 saturated carbocycles.